The van der Waals surface area contributed by atoms with Crippen LogP contribution >= 0.6 is 0 Å². The number of alkyl halides is 2. The van der Waals surface area contributed by atoms with E-state index in [-0.39, 0.29) is 29.5 Å². The maximum Gasteiger partial charge on any atom is 0.264 e. The van der Waals surface area contributed by atoms with Crippen molar-refractivity contribution in [2.24, 2.45) is 0 Å². The first kappa shape index (κ1) is 29.5. The van der Waals surface area contributed by atoms with Gasteiger partial charge in [-0.15, -0.1) is 0 Å². The molecule has 2 saturated heterocycles. The number of ether oxygens (including phenoxy) is 1. The normalized spacial score (nSPS) is 21.1. The predicted molar refractivity (Wildman–Crippen MR) is 149 cm³/mol. The Labute approximate surface area is 239 Å². The van der Waals surface area contributed by atoms with Crippen LogP contribution in [0.5, 0.6) is 0 Å². The number of pyridine rings is 1. The van der Waals surface area contributed by atoms with Gasteiger partial charge in [0.25, 0.3) is 12.3 Å². The van der Waals surface area contributed by atoms with Gasteiger partial charge in [-0.2, -0.15) is 0 Å². The maximum absolute atomic E-state index is 16.3. The van der Waals surface area contributed by atoms with E-state index in [4.69, 9.17) is 4.74 Å². The molecule has 0 radical (unpaired) electrons. The Balaban J connectivity index is 1.55. The molecule has 2 aliphatic heterocycles. The molecule has 4 heterocycles. The second-order valence-electron chi connectivity index (χ2n) is 10.6. The van der Waals surface area contributed by atoms with Gasteiger partial charge >= 0.3 is 0 Å². The molecule has 0 spiro atoms. The number of nitrogens with one attached hydrogen (secondary N) is 3. The third-order valence-electron chi connectivity index (χ3n) is 7.21. The van der Waals surface area contributed by atoms with E-state index < -0.39 is 51.9 Å². The molecule has 0 aliphatic carbocycles. The fraction of sp³-hybridized carbons (Fsp3) is 0.429. The molecule has 5 rings (SSSR count). The summed E-state index contributed by atoms with van der Waals surface area (Å²) in [6, 6.07) is 1.69. The van der Waals surface area contributed by atoms with Crippen molar-refractivity contribution in [1.29, 1.82) is 0 Å². The number of halogens is 4. The first-order valence-corrected chi connectivity index (χ1v) is 13.6. The smallest absolute Gasteiger partial charge is 0.264 e. The highest BCUT2D eigenvalue weighted by atomic mass is 19.3. The fourth-order valence-electron chi connectivity index (χ4n) is 5.39. The quantitative estimate of drug-likeness (QED) is 0.373. The molecule has 14 heteroatoms. The van der Waals surface area contributed by atoms with Gasteiger partial charge in [-0.3, -0.25) is 9.59 Å². The summed E-state index contributed by atoms with van der Waals surface area (Å²) in [5, 5.41) is 5.61. The lowest BCUT2D eigenvalue weighted by molar-refractivity contribution is -0.00572. The number of benzene rings is 1. The standard InChI is InChI=1S/C28H31F4N7O3/c1-14-11-38(5-4-33-14)21-7-20(29)23(17-8-35-28(36-9-17)39-12-15(2)42-16(3)13-39)24(30)25(21)37-27(41)19-10-34-22(40)6-18(19)26(31)32/h6-10,14-16,26,33H,4-5,11-13H2,1-3H3,(H,34,40)(H,37,41)/t14-,15+,16+/m0/s1. The highest BCUT2D eigenvalue weighted by Gasteiger charge is 2.29. The molecule has 0 unspecified atom stereocenters. The van der Waals surface area contributed by atoms with E-state index in [9.17, 15) is 18.4 Å². The number of hydrogen-bond donors (Lipinski definition) is 3. The number of hydrogen-bond acceptors (Lipinski definition) is 8. The van der Waals surface area contributed by atoms with Crippen LogP contribution in [0.15, 0.2) is 35.5 Å². The highest BCUT2D eigenvalue weighted by Crippen LogP contribution is 2.39. The van der Waals surface area contributed by atoms with Crippen molar-refractivity contribution in [3.8, 4) is 11.1 Å². The summed E-state index contributed by atoms with van der Waals surface area (Å²) in [5.41, 5.74) is -2.98. The van der Waals surface area contributed by atoms with Crippen LogP contribution in [0.25, 0.3) is 11.1 Å². The van der Waals surface area contributed by atoms with E-state index in [1.54, 1.807) is 4.90 Å². The van der Waals surface area contributed by atoms with E-state index in [0.717, 1.165) is 12.3 Å². The van der Waals surface area contributed by atoms with Gasteiger partial charge in [0.15, 0.2) is 5.82 Å². The molecule has 1 aromatic carbocycles. The summed E-state index contributed by atoms with van der Waals surface area (Å²) in [6.07, 6.45) is 0.197. The van der Waals surface area contributed by atoms with Crippen LogP contribution in [-0.2, 0) is 4.74 Å². The zero-order valence-electron chi connectivity index (χ0n) is 23.3. The topological polar surface area (TPSA) is 115 Å². The fourth-order valence-corrected chi connectivity index (χ4v) is 5.39. The van der Waals surface area contributed by atoms with Crippen molar-refractivity contribution in [1.82, 2.24) is 20.3 Å². The number of carbonyl (C=O) groups excluding carboxylic acids is 1. The Hall–Kier alpha value is -4.04. The van der Waals surface area contributed by atoms with Gasteiger partial charge in [-0.05, 0) is 20.8 Å². The van der Waals surface area contributed by atoms with Crippen LogP contribution in [0.2, 0.25) is 0 Å². The minimum Gasteiger partial charge on any atom is -0.372 e. The van der Waals surface area contributed by atoms with Crippen molar-refractivity contribution >= 4 is 23.2 Å². The van der Waals surface area contributed by atoms with Crippen LogP contribution in [0.4, 0.5) is 34.9 Å². The number of aromatic nitrogens is 3. The van der Waals surface area contributed by atoms with Crippen molar-refractivity contribution in [3.63, 3.8) is 0 Å². The Bertz CT molecular complexity index is 1510. The Morgan fingerprint density at radius 2 is 1.76 bits per heavy atom. The molecule has 0 saturated carbocycles. The lowest BCUT2D eigenvalue weighted by Crippen LogP contribution is -2.49. The molecule has 10 nitrogen and oxygen atoms in total. The lowest BCUT2D eigenvalue weighted by atomic mass is 10.0. The Morgan fingerprint density at radius 3 is 2.40 bits per heavy atom. The number of anilines is 3. The third-order valence-corrected chi connectivity index (χ3v) is 7.21. The summed E-state index contributed by atoms with van der Waals surface area (Å²) in [7, 11) is 0. The van der Waals surface area contributed by atoms with Crippen molar-refractivity contribution in [2.75, 3.05) is 47.8 Å². The van der Waals surface area contributed by atoms with Gasteiger partial charge in [-0.25, -0.2) is 27.5 Å². The van der Waals surface area contributed by atoms with Gasteiger partial charge in [0, 0.05) is 80.6 Å². The average Bonchev–Trinajstić information content (AvgIpc) is 2.94. The van der Waals surface area contributed by atoms with Crippen molar-refractivity contribution in [3.05, 3.63) is 63.8 Å². The molecule has 3 N–H and O–H groups in total. The maximum atomic E-state index is 16.3. The number of amides is 1. The third kappa shape index (κ3) is 6.09. The highest BCUT2D eigenvalue weighted by molar-refractivity contribution is 6.07. The van der Waals surface area contributed by atoms with Crippen LogP contribution < -0.4 is 26.0 Å². The lowest BCUT2D eigenvalue weighted by Gasteiger charge is -2.35. The van der Waals surface area contributed by atoms with Crippen molar-refractivity contribution in [2.45, 2.75) is 45.4 Å². The minimum absolute atomic E-state index is 0.0238. The van der Waals surface area contributed by atoms with E-state index in [1.807, 2.05) is 25.7 Å². The summed E-state index contributed by atoms with van der Waals surface area (Å²) < 4.78 is 65.0. The molecule has 2 aromatic heterocycles. The summed E-state index contributed by atoms with van der Waals surface area (Å²) in [5.74, 6) is -2.74. The van der Waals surface area contributed by atoms with Gasteiger partial charge in [0.2, 0.25) is 11.5 Å². The second kappa shape index (κ2) is 12.1. The van der Waals surface area contributed by atoms with E-state index in [1.165, 1.54) is 12.4 Å². The van der Waals surface area contributed by atoms with Gasteiger partial charge in [0.05, 0.1) is 29.0 Å². The molecule has 224 valence electrons. The predicted octanol–water partition coefficient (Wildman–Crippen LogP) is 3.71. The van der Waals surface area contributed by atoms with Gasteiger partial charge in [0.1, 0.15) is 11.5 Å². The summed E-state index contributed by atoms with van der Waals surface area (Å²) in [4.78, 5) is 39.3. The zero-order chi connectivity index (χ0) is 30.1. The van der Waals surface area contributed by atoms with Crippen molar-refractivity contribution < 1.29 is 27.1 Å². The number of H-pyrrole nitrogens is 1. The van der Waals surface area contributed by atoms with Gasteiger partial charge in [-0.1, -0.05) is 0 Å². The first-order valence-electron chi connectivity index (χ1n) is 13.6. The van der Waals surface area contributed by atoms with E-state index >= 15 is 8.78 Å². The molecule has 1 amide bonds. The minimum atomic E-state index is -3.14. The van der Waals surface area contributed by atoms with E-state index in [0.29, 0.717) is 44.7 Å². The monoisotopic (exact) mass is 589 g/mol. The number of aromatic amines is 1. The molecular weight excluding hydrogens is 558 g/mol. The van der Waals surface area contributed by atoms with Crippen LogP contribution in [0.3, 0.4) is 0 Å². The SMILES string of the molecule is C[C@@H]1CN(c2ncc(-c3c(F)cc(N4CCN[C@@H](C)C4)c(NC(=O)c4c[nH]c(=O)cc4C(F)F)c3F)cn2)C[C@@H](C)O1. The van der Waals surface area contributed by atoms with Crippen LogP contribution in [0.1, 0.15) is 43.1 Å². The first-order chi connectivity index (χ1) is 20.0. The number of rotatable bonds is 6. The number of nitrogens with zero attached hydrogens (tertiary/aromatic N) is 4. The second-order valence-corrected chi connectivity index (χ2v) is 10.6. The molecule has 3 atom stereocenters. The van der Waals surface area contributed by atoms with Gasteiger partial charge < -0.3 is 30.2 Å². The Kier molecular flexibility index (Phi) is 8.45. The molecule has 2 aliphatic rings. The summed E-state index contributed by atoms with van der Waals surface area (Å²) in [6.45, 7) is 8.11. The zero-order valence-corrected chi connectivity index (χ0v) is 23.3. The number of morpholine rings is 1. The molecule has 42 heavy (non-hydrogen) atoms. The largest absolute Gasteiger partial charge is 0.372 e. The number of carbonyl (C=O) groups is 1. The molecule has 0 bridgehead atoms. The molecule has 2 fully saturated rings. The number of piperazine rings is 1. The molecule has 3 aromatic rings. The van der Waals surface area contributed by atoms with E-state index in [2.05, 4.69) is 25.6 Å². The van der Waals surface area contributed by atoms with Crippen LogP contribution in [-0.4, -0.2) is 71.8 Å². The molecular formula is C28H31F4N7O3. The Morgan fingerprint density at radius 1 is 1.07 bits per heavy atom. The van der Waals surface area contributed by atoms with Crippen LogP contribution in [0, 0.1) is 11.6 Å². The summed E-state index contributed by atoms with van der Waals surface area (Å²) >= 11 is 0. The average molecular weight is 590 g/mol.